The Bertz CT molecular complexity index is 991. The van der Waals surface area contributed by atoms with Crippen LogP contribution < -0.4 is 26.6 Å². The van der Waals surface area contributed by atoms with Gasteiger partial charge in [-0.3, -0.25) is 15.6 Å². The van der Waals surface area contributed by atoms with Gasteiger partial charge in [0.05, 0.1) is 6.61 Å². The summed E-state index contributed by atoms with van der Waals surface area (Å²) in [7, 11) is 0. The van der Waals surface area contributed by atoms with Crippen LogP contribution in [0.25, 0.3) is 0 Å². The van der Waals surface area contributed by atoms with Crippen LogP contribution in [0.2, 0.25) is 0 Å². The predicted octanol–water partition coefficient (Wildman–Crippen LogP) is 4.05. The van der Waals surface area contributed by atoms with E-state index >= 15 is 0 Å². The maximum atomic E-state index is 12.4. The zero-order valence-electron chi connectivity index (χ0n) is 17.1. The highest BCUT2D eigenvalue weighted by Crippen LogP contribution is 2.26. The lowest BCUT2D eigenvalue weighted by Crippen LogP contribution is -2.30. The third-order valence-corrected chi connectivity index (χ3v) is 4.45. The number of hydrogen-bond acceptors (Lipinski definition) is 7. The summed E-state index contributed by atoms with van der Waals surface area (Å²) in [6.45, 7) is 4.70. The number of nitrogens with two attached hydrogens (primary N) is 1. The number of hydrazine groups is 1. The summed E-state index contributed by atoms with van der Waals surface area (Å²) in [6.07, 6.45) is 3.48. The van der Waals surface area contributed by atoms with Crippen molar-refractivity contribution in [3.05, 3.63) is 66.0 Å². The number of nitrogens with zero attached hydrogens (tertiary/aromatic N) is 2. The molecular weight excluding hydrogens is 380 g/mol. The lowest BCUT2D eigenvalue weighted by atomic mass is 10.1. The molecule has 30 heavy (non-hydrogen) atoms. The van der Waals surface area contributed by atoms with Crippen molar-refractivity contribution in [2.24, 2.45) is 0 Å². The van der Waals surface area contributed by atoms with Crippen LogP contribution in [0, 0.1) is 6.92 Å². The minimum absolute atomic E-state index is 0.278. The number of anilines is 4. The predicted molar refractivity (Wildman–Crippen MR) is 119 cm³/mol. The number of amides is 1. The van der Waals surface area contributed by atoms with Crippen molar-refractivity contribution in [2.45, 2.75) is 26.7 Å². The van der Waals surface area contributed by atoms with Gasteiger partial charge in [0.1, 0.15) is 17.8 Å². The normalized spacial score (nSPS) is 10.3. The highest BCUT2D eigenvalue weighted by Gasteiger charge is 2.11. The van der Waals surface area contributed by atoms with Crippen LogP contribution in [0.1, 0.15) is 35.7 Å². The van der Waals surface area contributed by atoms with E-state index in [4.69, 9.17) is 10.5 Å². The van der Waals surface area contributed by atoms with Gasteiger partial charge in [0, 0.05) is 11.3 Å². The number of unbranched alkanes of at least 4 members (excludes halogenated alkanes) is 1. The first-order chi connectivity index (χ1) is 14.6. The van der Waals surface area contributed by atoms with Crippen LogP contribution in [0.3, 0.4) is 0 Å². The van der Waals surface area contributed by atoms with Crippen molar-refractivity contribution in [1.29, 1.82) is 0 Å². The Labute approximate surface area is 175 Å². The molecule has 0 atom stereocenters. The molecule has 0 unspecified atom stereocenters. The van der Waals surface area contributed by atoms with Crippen molar-refractivity contribution in [3.8, 4) is 5.75 Å². The molecule has 8 heteroatoms. The molecule has 1 amide bonds. The molecule has 0 aliphatic carbocycles. The van der Waals surface area contributed by atoms with Crippen molar-refractivity contribution >= 4 is 28.9 Å². The van der Waals surface area contributed by atoms with Crippen LogP contribution in [-0.2, 0) is 0 Å². The van der Waals surface area contributed by atoms with Gasteiger partial charge in [-0.2, -0.15) is 0 Å². The molecule has 0 radical (unpaired) electrons. The molecule has 156 valence electrons. The van der Waals surface area contributed by atoms with E-state index in [2.05, 4.69) is 33.1 Å². The molecule has 1 heterocycles. The SMILES string of the molecule is CCCCOc1ccc(Nc2ncnc(NNC(=O)c3ccccc3C)c2N)cc1. The molecule has 0 fully saturated rings. The van der Waals surface area contributed by atoms with E-state index in [-0.39, 0.29) is 11.6 Å². The van der Waals surface area contributed by atoms with Crippen LogP contribution in [-0.4, -0.2) is 22.5 Å². The Kier molecular flexibility index (Phi) is 7.05. The highest BCUT2D eigenvalue weighted by atomic mass is 16.5. The summed E-state index contributed by atoms with van der Waals surface area (Å²) in [5.74, 6) is 1.26. The lowest BCUT2D eigenvalue weighted by Gasteiger charge is -2.14. The molecule has 3 aromatic rings. The van der Waals surface area contributed by atoms with E-state index in [1.807, 2.05) is 49.4 Å². The summed E-state index contributed by atoms with van der Waals surface area (Å²) in [6, 6.07) is 14.8. The molecule has 8 nitrogen and oxygen atoms in total. The molecule has 0 bridgehead atoms. The van der Waals surface area contributed by atoms with E-state index < -0.39 is 0 Å². The second-order valence-corrected chi connectivity index (χ2v) is 6.73. The largest absolute Gasteiger partial charge is 0.494 e. The Morgan fingerprint density at radius 3 is 2.53 bits per heavy atom. The fourth-order valence-electron chi connectivity index (χ4n) is 2.71. The number of aromatic nitrogens is 2. The second kappa shape index (κ2) is 10.1. The highest BCUT2D eigenvalue weighted by molar-refractivity contribution is 5.96. The van der Waals surface area contributed by atoms with E-state index in [9.17, 15) is 4.79 Å². The third-order valence-electron chi connectivity index (χ3n) is 4.45. The maximum absolute atomic E-state index is 12.4. The van der Waals surface area contributed by atoms with Gasteiger partial charge in [-0.1, -0.05) is 31.5 Å². The van der Waals surface area contributed by atoms with Crippen LogP contribution in [0.15, 0.2) is 54.9 Å². The zero-order valence-corrected chi connectivity index (χ0v) is 17.1. The monoisotopic (exact) mass is 406 g/mol. The number of nitrogens with one attached hydrogen (secondary N) is 3. The van der Waals surface area contributed by atoms with Crippen molar-refractivity contribution in [2.75, 3.05) is 23.1 Å². The minimum atomic E-state index is -0.278. The average molecular weight is 406 g/mol. The van der Waals surface area contributed by atoms with Gasteiger partial charge >= 0.3 is 0 Å². The molecule has 2 aromatic carbocycles. The number of rotatable bonds is 9. The number of ether oxygens (including phenoxy) is 1. The van der Waals surface area contributed by atoms with Crippen molar-refractivity contribution < 1.29 is 9.53 Å². The van der Waals surface area contributed by atoms with Crippen molar-refractivity contribution in [1.82, 2.24) is 15.4 Å². The third kappa shape index (κ3) is 5.38. The topological polar surface area (TPSA) is 114 Å². The summed E-state index contributed by atoms with van der Waals surface area (Å²) in [4.78, 5) is 20.7. The molecule has 1 aromatic heterocycles. The molecule has 3 rings (SSSR count). The second-order valence-electron chi connectivity index (χ2n) is 6.73. The average Bonchev–Trinajstić information content (AvgIpc) is 2.76. The standard InChI is InChI=1S/C22H26N6O2/c1-3-4-13-30-17-11-9-16(10-12-17)26-20-19(23)21(25-14-24-20)27-28-22(29)18-8-6-5-7-15(18)2/h5-12,14H,3-4,13,23H2,1-2H3,(H,28,29)(H2,24,25,26,27). The number of nitrogen functional groups attached to an aromatic ring is 1. The van der Waals surface area contributed by atoms with E-state index in [1.54, 1.807) is 6.07 Å². The number of benzene rings is 2. The number of carbonyl (C=O) groups is 1. The van der Waals surface area contributed by atoms with Gasteiger partial charge in [0.2, 0.25) is 0 Å². The molecule has 0 spiro atoms. The molecule has 0 saturated carbocycles. The van der Waals surface area contributed by atoms with E-state index in [0.717, 1.165) is 29.8 Å². The van der Waals surface area contributed by atoms with Crippen LogP contribution in [0.4, 0.5) is 23.0 Å². The fraction of sp³-hybridized carbons (Fsp3) is 0.227. The van der Waals surface area contributed by atoms with Gasteiger partial charge in [0.15, 0.2) is 11.6 Å². The van der Waals surface area contributed by atoms with Gasteiger partial charge in [0.25, 0.3) is 5.91 Å². The quantitative estimate of drug-likeness (QED) is 0.313. The Balaban J connectivity index is 1.63. The summed E-state index contributed by atoms with van der Waals surface area (Å²) in [5, 5.41) is 3.15. The number of hydrogen-bond donors (Lipinski definition) is 4. The van der Waals surface area contributed by atoms with Gasteiger partial charge in [-0.05, 0) is 49.2 Å². The first-order valence-electron chi connectivity index (χ1n) is 9.81. The smallest absolute Gasteiger partial charge is 0.269 e. The fourth-order valence-corrected chi connectivity index (χ4v) is 2.71. The molecule has 5 N–H and O–H groups in total. The van der Waals surface area contributed by atoms with Gasteiger partial charge in [-0.25, -0.2) is 9.97 Å². The molecule has 0 aliphatic heterocycles. The summed E-state index contributed by atoms with van der Waals surface area (Å²) in [5.41, 5.74) is 14.1. The molecular formula is C22H26N6O2. The zero-order chi connectivity index (χ0) is 21.3. The Morgan fingerprint density at radius 1 is 1.07 bits per heavy atom. The molecule has 0 saturated heterocycles. The van der Waals surface area contributed by atoms with E-state index in [1.165, 1.54) is 6.33 Å². The summed E-state index contributed by atoms with van der Waals surface area (Å²) >= 11 is 0. The Morgan fingerprint density at radius 2 is 1.80 bits per heavy atom. The first kappa shape index (κ1) is 20.9. The van der Waals surface area contributed by atoms with Gasteiger partial charge in [-0.15, -0.1) is 0 Å². The number of carbonyl (C=O) groups excluding carboxylic acids is 1. The first-order valence-corrected chi connectivity index (χ1v) is 9.81. The van der Waals surface area contributed by atoms with Crippen LogP contribution in [0.5, 0.6) is 5.75 Å². The van der Waals surface area contributed by atoms with E-state index in [0.29, 0.717) is 23.8 Å². The summed E-state index contributed by atoms with van der Waals surface area (Å²) < 4.78 is 5.67. The Hall–Kier alpha value is -3.81. The van der Waals surface area contributed by atoms with Gasteiger partial charge < -0.3 is 15.8 Å². The lowest BCUT2D eigenvalue weighted by molar-refractivity contribution is 0.0962. The minimum Gasteiger partial charge on any atom is -0.494 e. The molecule has 0 aliphatic rings. The van der Waals surface area contributed by atoms with Crippen molar-refractivity contribution in [3.63, 3.8) is 0 Å². The van der Waals surface area contributed by atoms with Crippen LogP contribution >= 0.6 is 0 Å². The maximum Gasteiger partial charge on any atom is 0.269 e. The number of aryl methyl sites for hydroxylation is 1.